The normalized spacial score (nSPS) is 10.1. The number of ether oxygens (including phenoxy) is 1. The number of hydrogen-bond donors (Lipinski definition) is 2. The van der Waals surface area contributed by atoms with Gasteiger partial charge in [0.25, 0.3) is 5.91 Å². The Morgan fingerprint density at radius 1 is 1.40 bits per heavy atom. The lowest BCUT2D eigenvalue weighted by molar-refractivity contribution is 0.0948. The first kappa shape index (κ1) is 14.3. The van der Waals surface area contributed by atoms with Gasteiger partial charge in [0.1, 0.15) is 5.75 Å². The number of amides is 1. The summed E-state index contributed by atoms with van der Waals surface area (Å²) in [6.45, 7) is 0.321. The van der Waals surface area contributed by atoms with E-state index >= 15 is 0 Å². The molecule has 0 fully saturated rings. The number of nitrogens with one attached hydrogen (secondary N) is 1. The second-order valence-electron chi connectivity index (χ2n) is 4.05. The van der Waals surface area contributed by atoms with Crippen LogP contribution in [0.5, 0.6) is 11.6 Å². The van der Waals surface area contributed by atoms with Crippen molar-refractivity contribution in [3.05, 3.63) is 52.1 Å². The van der Waals surface area contributed by atoms with Crippen LogP contribution in [0.15, 0.2) is 41.0 Å². The molecule has 0 saturated carbocycles. The van der Waals surface area contributed by atoms with Crippen LogP contribution in [0.4, 0.5) is 0 Å². The molecule has 1 heterocycles. The summed E-state index contributed by atoms with van der Waals surface area (Å²) in [6.07, 6.45) is 1.62. The molecule has 0 bridgehead atoms. The minimum Gasteiger partial charge on any atom is -0.507 e. The van der Waals surface area contributed by atoms with Gasteiger partial charge in [-0.25, -0.2) is 4.98 Å². The quantitative estimate of drug-likeness (QED) is 0.899. The summed E-state index contributed by atoms with van der Waals surface area (Å²) < 4.78 is 5.68. The Bertz CT molecular complexity index is 614. The minimum atomic E-state index is -0.348. The number of benzene rings is 1. The summed E-state index contributed by atoms with van der Waals surface area (Å²) in [6, 6.07) is 8.23. The van der Waals surface area contributed by atoms with E-state index in [1.807, 2.05) is 6.07 Å². The number of nitrogens with zero attached hydrogens (tertiary/aromatic N) is 1. The highest BCUT2D eigenvalue weighted by Gasteiger charge is 2.11. The second kappa shape index (κ2) is 6.38. The molecule has 0 unspecified atom stereocenters. The number of aromatic hydroxyl groups is 1. The summed E-state index contributed by atoms with van der Waals surface area (Å²) in [5.41, 5.74) is 1.06. The van der Waals surface area contributed by atoms with Crippen LogP contribution in [0, 0.1) is 0 Å². The van der Waals surface area contributed by atoms with Crippen molar-refractivity contribution >= 4 is 21.8 Å². The van der Waals surface area contributed by atoms with Gasteiger partial charge < -0.3 is 15.2 Å². The maximum Gasteiger partial charge on any atom is 0.255 e. The Kier molecular flexibility index (Phi) is 4.57. The number of aromatic nitrogens is 1. The van der Waals surface area contributed by atoms with Gasteiger partial charge in [-0.05, 0) is 23.8 Å². The number of rotatable bonds is 4. The van der Waals surface area contributed by atoms with Crippen LogP contribution in [0.3, 0.4) is 0 Å². The van der Waals surface area contributed by atoms with E-state index in [0.29, 0.717) is 12.4 Å². The Balaban J connectivity index is 2.02. The molecular formula is C14H13BrN2O3. The highest BCUT2D eigenvalue weighted by Crippen LogP contribution is 2.21. The fourth-order valence-electron chi connectivity index (χ4n) is 1.60. The average Bonchev–Trinajstić information content (AvgIpc) is 2.47. The van der Waals surface area contributed by atoms with E-state index in [0.717, 1.165) is 10.0 Å². The standard InChI is InChI=1S/C14H13BrN2O3/c1-20-13-5-2-9(7-16-13)8-17-14(19)11-6-10(15)3-4-12(11)18/h2-7,18H,8H2,1H3,(H,17,19). The van der Waals surface area contributed by atoms with Gasteiger partial charge in [0.05, 0.1) is 12.7 Å². The molecule has 0 spiro atoms. The molecule has 0 aliphatic carbocycles. The van der Waals surface area contributed by atoms with Crippen molar-refractivity contribution in [3.8, 4) is 11.6 Å². The summed E-state index contributed by atoms with van der Waals surface area (Å²) in [5, 5.41) is 12.4. The van der Waals surface area contributed by atoms with Gasteiger partial charge in [-0.2, -0.15) is 0 Å². The van der Waals surface area contributed by atoms with Crippen LogP contribution >= 0.6 is 15.9 Å². The zero-order valence-electron chi connectivity index (χ0n) is 10.8. The van der Waals surface area contributed by atoms with Crippen molar-refractivity contribution in [3.63, 3.8) is 0 Å². The molecule has 0 atom stereocenters. The van der Waals surface area contributed by atoms with Gasteiger partial charge in [-0.3, -0.25) is 4.79 Å². The zero-order valence-corrected chi connectivity index (χ0v) is 12.3. The number of carbonyl (C=O) groups excluding carboxylic acids is 1. The minimum absolute atomic E-state index is 0.0569. The average molecular weight is 337 g/mol. The number of pyridine rings is 1. The number of phenolic OH excluding ortho intramolecular Hbond substituents is 1. The molecule has 0 aliphatic rings. The summed E-state index contributed by atoms with van der Waals surface area (Å²) in [7, 11) is 1.54. The van der Waals surface area contributed by atoms with Crippen LogP contribution in [-0.4, -0.2) is 23.1 Å². The lowest BCUT2D eigenvalue weighted by atomic mass is 10.2. The van der Waals surface area contributed by atoms with Crippen molar-refractivity contribution in [2.24, 2.45) is 0 Å². The van der Waals surface area contributed by atoms with Crippen LogP contribution in [0.25, 0.3) is 0 Å². The molecule has 2 rings (SSSR count). The van der Waals surface area contributed by atoms with Crippen LogP contribution in [0.2, 0.25) is 0 Å². The number of phenols is 1. The molecular weight excluding hydrogens is 324 g/mol. The van der Waals surface area contributed by atoms with Gasteiger partial charge in [-0.1, -0.05) is 22.0 Å². The SMILES string of the molecule is COc1ccc(CNC(=O)c2cc(Br)ccc2O)cn1. The first-order valence-corrected chi connectivity index (χ1v) is 6.65. The third kappa shape index (κ3) is 3.48. The highest BCUT2D eigenvalue weighted by molar-refractivity contribution is 9.10. The third-order valence-corrected chi connectivity index (χ3v) is 3.16. The molecule has 6 heteroatoms. The van der Waals surface area contributed by atoms with Crippen molar-refractivity contribution in [2.45, 2.75) is 6.54 Å². The number of halogens is 1. The van der Waals surface area contributed by atoms with Crippen molar-refractivity contribution in [1.82, 2.24) is 10.3 Å². The molecule has 2 N–H and O–H groups in total. The Morgan fingerprint density at radius 3 is 2.85 bits per heavy atom. The van der Waals surface area contributed by atoms with Crippen molar-refractivity contribution < 1.29 is 14.6 Å². The van der Waals surface area contributed by atoms with Crippen LogP contribution < -0.4 is 10.1 Å². The van der Waals surface area contributed by atoms with E-state index < -0.39 is 0 Å². The number of hydrogen-bond acceptors (Lipinski definition) is 4. The lowest BCUT2D eigenvalue weighted by Gasteiger charge is -2.07. The maximum atomic E-state index is 12.0. The molecule has 0 aliphatic heterocycles. The second-order valence-corrected chi connectivity index (χ2v) is 4.97. The van der Waals surface area contributed by atoms with Gasteiger partial charge >= 0.3 is 0 Å². The number of methoxy groups -OCH3 is 1. The van der Waals surface area contributed by atoms with Crippen LogP contribution in [0.1, 0.15) is 15.9 Å². The van der Waals surface area contributed by atoms with Crippen molar-refractivity contribution in [2.75, 3.05) is 7.11 Å². The first-order valence-electron chi connectivity index (χ1n) is 5.86. The number of carbonyl (C=O) groups is 1. The predicted molar refractivity (Wildman–Crippen MR) is 77.8 cm³/mol. The Labute approximate surface area is 124 Å². The molecule has 1 aromatic heterocycles. The predicted octanol–water partition coefficient (Wildman–Crippen LogP) is 2.49. The largest absolute Gasteiger partial charge is 0.507 e. The van der Waals surface area contributed by atoms with E-state index in [1.54, 1.807) is 31.5 Å². The molecule has 1 amide bonds. The molecule has 20 heavy (non-hydrogen) atoms. The third-order valence-electron chi connectivity index (χ3n) is 2.66. The smallest absolute Gasteiger partial charge is 0.255 e. The van der Waals surface area contributed by atoms with E-state index in [4.69, 9.17) is 4.74 Å². The fourth-order valence-corrected chi connectivity index (χ4v) is 1.97. The molecule has 5 nitrogen and oxygen atoms in total. The van der Waals surface area contributed by atoms with E-state index in [-0.39, 0.29) is 17.2 Å². The molecule has 2 aromatic rings. The van der Waals surface area contributed by atoms with E-state index in [9.17, 15) is 9.90 Å². The van der Waals surface area contributed by atoms with E-state index in [1.165, 1.54) is 6.07 Å². The topological polar surface area (TPSA) is 71.5 Å². The van der Waals surface area contributed by atoms with Gasteiger partial charge in [-0.15, -0.1) is 0 Å². The summed E-state index contributed by atoms with van der Waals surface area (Å²) in [4.78, 5) is 16.0. The molecule has 104 valence electrons. The first-order chi connectivity index (χ1) is 9.60. The van der Waals surface area contributed by atoms with Crippen LogP contribution in [-0.2, 0) is 6.54 Å². The Hall–Kier alpha value is -2.08. The molecule has 1 aromatic carbocycles. The summed E-state index contributed by atoms with van der Waals surface area (Å²) in [5.74, 6) is 0.114. The van der Waals surface area contributed by atoms with Gasteiger partial charge in [0.15, 0.2) is 0 Å². The van der Waals surface area contributed by atoms with E-state index in [2.05, 4.69) is 26.2 Å². The highest BCUT2D eigenvalue weighted by atomic mass is 79.9. The molecule has 0 saturated heterocycles. The monoisotopic (exact) mass is 336 g/mol. The fraction of sp³-hybridized carbons (Fsp3) is 0.143. The Morgan fingerprint density at radius 2 is 2.20 bits per heavy atom. The van der Waals surface area contributed by atoms with Gasteiger partial charge in [0.2, 0.25) is 5.88 Å². The lowest BCUT2D eigenvalue weighted by Crippen LogP contribution is -2.22. The van der Waals surface area contributed by atoms with Gasteiger partial charge in [0, 0.05) is 23.3 Å². The van der Waals surface area contributed by atoms with Crippen molar-refractivity contribution in [1.29, 1.82) is 0 Å². The zero-order chi connectivity index (χ0) is 14.5. The maximum absolute atomic E-state index is 12.0. The summed E-state index contributed by atoms with van der Waals surface area (Å²) >= 11 is 3.26. The molecule has 0 radical (unpaired) electrons.